The number of ether oxygens (including phenoxy) is 1. The van der Waals surface area contributed by atoms with Crippen molar-refractivity contribution in [2.45, 2.75) is 6.92 Å². The first-order valence-corrected chi connectivity index (χ1v) is 6.30. The summed E-state index contributed by atoms with van der Waals surface area (Å²) in [4.78, 5) is 4.31. The maximum Gasteiger partial charge on any atom is 0.136 e. The number of hydrogen-bond acceptors (Lipinski definition) is 3. The van der Waals surface area contributed by atoms with Crippen LogP contribution in [0.4, 0.5) is 0 Å². The predicted octanol–water partition coefficient (Wildman–Crippen LogP) is 4.21. The molecule has 3 aromatic rings. The van der Waals surface area contributed by atoms with Gasteiger partial charge in [-0.25, -0.2) is 0 Å². The molecule has 0 saturated heterocycles. The van der Waals surface area contributed by atoms with E-state index in [0.717, 1.165) is 28.0 Å². The molecule has 2 aromatic carbocycles. The summed E-state index contributed by atoms with van der Waals surface area (Å²) in [6.07, 6.45) is 1.76. The lowest BCUT2D eigenvalue weighted by Crippen LogP contribution is -1.89. The minimum atomic E-state index is 0.664. The van der Waals surface area contributed by atoms with Crippen LogP contribution in [0.3, 0.4) is 0 Å². The molecule has 0 amide bonds. The lowest BCUT2D eigenvalue weighted by Gasteiger charge is -2.09. The Hall–Kier alpha value is -2.86. The van der Waals surface area contributed by atoms with E-state index in [1.165, 1.54) is 0 Å². The van der Waals surface area contributed by atoms with Crippen molar-refractivity contribution in [3.05, 3.63) is 65.9 Å². The Balaban J connectivity index is 2.02. The minimum Gasteiger partial charge on any atom is -0.457 e. The molecule has 1 heterocycles. The lowest BCUT2D eigenvalue weighted by molar-refractivity contribution is 0.488. The molecule has 0 bridgehead atoms. The van der Waals surface area contributed by atoms with Crippen molar-refractivity contribution in [3.63, 3.8) is 0 Å². The van der Waals surface area contributed by atoms with Crippen molar-refractivity contribution >= 4 is 10.9 Å². The maximum atomic E-state index is 8.94. The SMILES string of the molecule is Cc1cc(Oc2cccc3ncccc23)ccc1C#N. The highest BCUT2D eigenvalue weighted by atomic mass is 16.5. The fraction of sp³-hybridized carbons (Fsp3) is 0.0588. The second-order valence-electron chi connectivity index (χ2n) is 4.52. The molecule has 0 spiro atoms. The molecule has 0 fully saturated rings. The normalized spacial score (nSPS) is 10.2. The van der Waals surface area contributed by atoms with Crippen molar-refractivity contribution in [1.29, 1.82) is 5.26 Å². The van der Waals surface area contributed by atoms with Crippen molar-refractivity contribution in [1.82, 2.24) is 4.98 Å². The summed E-state index contributed by atoms with van der Waals surface area (Å²) in [5.41, 5.74) is 2.47. The van der Waals surface area contributed by atoms with Gasteiger partial charge in [0.05, 0.1) is 17.1 Å². The fourth-order valence-corrected chi connectivity index (χ4v) is 2.12. The van der Waals surface area contributed by atoms with Crippen LogP contribution in [0.2, 0.25) is 0 Å². The zero-order chi connectivity index (χ0) is 13.9. The average molecular weight is 260 g/mol. The topological polar surface area (TPSA) is 45.9 Å². The third-order valence-corrected chi connectivity index (χ3v) is 3.15. The highest BCUT2D eigenvalue weighted by Crippen LogP contribution is 2.29. The van der Waals surface area contributed by atoms with E-state index in [9.17, 15) is 0 Å². The molecule has 3 heteroatoms. The Morgan fingerprint density at radius 3 is 2.80 bits per heavy atom. The van der Waals surface area contributed by atoms with E-state index in [4.69, 9.17) is 10.00 Å². The molecule has 3 rings (SSSR count). The van der Waals surface area contributed by atoms with Gasteiger partial charge in [-0.3, -0.25) is 4.98 Å². The van der Waals surface area contributed by atoms with E-state index in [2.05, 4.69) is 11.1 Å². The Kier molecular flexibility index (Phi) is 3.06. The van der Waals surface area contributed by atoms with Crippen LogP contribution in [0.15, 0.2) is 54.7 Å². The molecule has 0 saturated carbocycles. The molecule has 0 radical (unpaired) electrons. The summed E-state index contributed by atoms with van der Waals surface area (Å²) in [5, 5.41) is 9.91. The third kappa shape index (κ3) is 2.19. The summed E-state index contributed by atoms with van der Waals surface area (Å²) in [6, 6.07) is 17.2. The Morgan fingerprint density at radius 1 is 1.10 bits per heavy atom. The zero-order valence-corrected chi connectivity index (χ0v) is 11.0. The molecule has 0 aliphatic heterocycles. The zero-order valence-electron chi connectivity index (χ0n) is 11.0. The van der Waals surface area contributed by atoms with Crippen molar-refractivity contribution in [2.75, 3.05) is 0 Å². The lowest BCUT2D eigenvalue weighted by atomic mass is 10.1. The van der Waals surface area contributed by atoms with E-state index in [1.54, 1.807) is 18.3 Å². The third-order valence-electron chi connectivity index (χ3n) is 3.15. The van der Waals surface area contributed by atoms with Crippen LogP contribution in [-0.2, 0) is 0 Å². The number of aromatic nitrogens is 1. The number of hydrogen-bond donors (Lipinski definition) is 0. The summed E-state index contributed by atoms with van der Waals surface area (Å²) in [7, 11) is 0. The Morgan fingerprint density at radius 2 is 2.00 bits per heavy atom. The first kappa shape index (κ1) is 12.2. The summed E-state index contributed by atoms with van der Waals surface area (Å²) in [6.45, 7) is 1.90. The molecule has 20 heavy (non-hydrogen) atoms. The quantitative estimate of drug-likeness (QED) is 0.693. The highest BCUT2D eigenvalue weighted by molar-refractivity contribution is 5.85. The monoisotopic (exact) mass is 260 g/mol. The predicted molar refractivity (Wildman–Crippen MR) is 77.7 cm³/mol. The molecule has 1 aromatic heterocycles. The number of pyridine rings is 1. The Labute approximate surface area is 117 Å². The van der Waals surface area contributed by atoms with Gasteiger partial charge in [0, 0.05) is 11.6 Å². The number of nitrogens with zero attached hydrogens (tertiary/aromatic N) is 2. The van der Waals surface area contributed by atoms with Gasteiger partial charge in [0.15, 0.2) is 0 Å². The number of rotatable bonds is 2. The van der Waals surface area contributed by atoms with Gasteiger partial charge in [-0.1, -0.05) is 6.07 Å². The molecule has 0 aliphatic carbocycles. The molecule has 3 nitrogen and oxygen atoms in total. The average Bonchev–Trinajstić information content (AvgIpc) is 2.48. The first-order valence-electron chi connectivity index (χ1n) is 6.30. The van der Waals surface area contributed by atoms with Gasteiger partial charge in [0.2, 0.25) is 0 Å². The molecule has 0 N–H and O–H groups in total. The number of aryl methyl sites for hydroxylation is 1. The van der Waals surface area contributed by atoms with Crippen LogP contribution in [-0.4, -0.2) is 4.98 Å². The van der Waals surface area contributed by atoms with Crippen LogP contribution >= 0.6 is 0 Å². The van der Waals surface area contributed by atoms with Gasteiger partial charge in [0.1, 0.15) is 11.5 Å². The van der Waals surface area contributed by atoms with Gasteiger partial charge in [0.25, 0.3) is 0 Å². The molecule has 0 aliphatic rings. The number of fused-ring (bicyclic) bond motifs is 1. The van der Waals surface area contributed by atoms with E-state index >= 15 is 0 Å². The molecule has 0 unspecified atom stereocenters. The number of benzene rings is 2. The smallest absolute Gasteiger partial charge is 0.136 e. The molecular weight excluding hydrogens is 248 g/mol. The van der Waals surface area contributed by atoms with Crippen molar-refractivity contribution in [3.8, 4) is 17.6 Å². The maximum absolute atomic E-state index is 8.94. The van der Waals surface area contributed by atoms with Crippen LogP contribution in [0.5, 0.6) is 11.5 Å². The number of nitriles is 1. The first-order chi connectivity index (χ1) is 9.78. The van der Waals surface area contributed by atoms with Gasteiger partial charge >= 0.3 is 0 Å². The summed E-state index contributed by atoms with van der Waals surface area (Å²) >= 11 is 0. The van der Waals surface area contributed by atoms with E-state index in [0.29, 0.717) is 5.56 Å². The Bertz CT molecular complexity index is 813. The largest absolute Gasteiger partial charge is 0.457 e. The van der Waals surface area contributed by atoms with Crippen LogP contribution in [0, 0.1) is 18.3 Å². The second-order valence-corrected chi connectivity index (χ2v) is 4.52. The summed E-state index contributed by atoms with van der Waals surface area (Å²) in [5.74, 6) is 1.48. The van der Waals surface area contributed by atoms with Crippen LogP contribution in [0.25, 0.3) is 10.9 Å². The van der Waals surface area contributed by atoms with Crippen LogP contribution < -0.4 is 4.74 Å². The van der Waals surface area contributed by atoms with E-state index < -0.39 is 0 Å². The van der Waals surface area contributed by atoms with Gasteiger partial charge in [-0.2, -0.15) is 5.26 Å². The summed E-state index contributed by atoms with van der Waals surface area (Å²) < 4.78 is 5.92. The van der Waals surface area contributed by atoms with Gasteiger partial charge < -0.3 is 4.74 Å². The standard InChI is InChI=1S/C17H12N2O/c1-12-10-14(8-7-13(12)11-18)20-17-6-2-5-16-15(17)4-3-9-19-16/h2-10H,1H3. The molecule has 96 valence electrons. The van der Waals surface area contributed by atoms with E-state index in [1.807, 2.05) is 43.3 Å². The molecule has 0 atom stereocenters. The van der Waals surface area contributed by atoms with E-state index in [-0.39, 0.29) is 0 Å². The molecular formula is C17H12N2O. The minimum absolute atomic E-state index is 0.664. The van der Waals surface area contributed by atoms with Crippen molar-refractivity contribution < 1.29 is 4.74 Å². The van der Waals surface area contributed by atoms with Crippen molar-refractivity contribution in [2.24, 2.45) is 0 Å². The van der Waals surface area contributed by atoms with Crippen LogP contribution in [0.1, 0.15) is 11.1 Å². The highest BCUT2D eigenvalue weighted by Gasteiger charge is 2.05. The van der Waals surface area contributed by atoms with Gasteiger partial charge in [-0.15, -0.1) is 0 Å². The van der Waals surface area contributed by atoms with Gasteiger partial charge in [-0.05, 0) is 55.0 Å². The second kappa shape index (κ2) is 5.02. The fourth-order valence-electron chi connectivity index (χ4n) is 2.12.